The van der Waals surface area contributed by atoms with Crippen molar-refractivity contribution in [2.75, 3.05) is 27.2 Å². The lowest BCUT2D eigenvalue weighted by Gasteiger charge is -2.11. The van der Waals surface area contributed by atoms with E-state index in [1.54, 1.807) is 6.08 Å². The normalized spacial score (nSPS) is 15.5. The Kier molecular flexibility index (Phi) is 8.40. The molecule has 0 spiro atoms. The van der Waals surface area contributed by atoms with Crippen molar-refractivity contribution in [2.45, 2.75) is 48.7 Å². The Balaban J connectivity index is 1.79. The highest BCUT2D eigenvalue weighted by Crippen LogP contribution is 2.36. The molecule has 1 aromatic rings. The molecule has 0 saturated heterocycles. The van der Waals surface area contributed by atoms with Gasteiger partial charge in [-0.1, -0.05) is 31.0 Å². The first-order valence-corrected chi connectivity index (χ1v) is 9.89. The zero-order valence-corrected chi connectivity index (χ0v) is 15.8. The maximum Gasteiger partial charge on any atom is 0.243 e. The third-order valence-electron chi connectivity index (χ3n) is 4.26. The number of unbranched alkanes of at least 4 members (excludes halogenated alkanes) is 1. The number of nitrogens with zero attached hydrogens (tertiary/aromatic N) is 1. The summed E-state index contributed by atoms with van der Waals surface area (Å²) in [5, 5.41) is 3.71. The summed E-state index contributed by atoms with van der Waals surface area (Å²) in [5.41, 5.74) is 1.15. The van der Waals surface area contributed by atoms with Gasteiger partial charge >= 0.3 is 0 Å². The van der Waals surface area contributed by atoms with Gasteiger partial charge in [-0.05, 0) is 64.0 Å². The van der Waals surface area contributed by atoms with Crippen molar-refractivity contribution < 1.29 is 4.79 Å². The highest BCUT2D eigenvalue weighted by Gasteiger charge is 2.16. The number of hydrogen-bond acceptors (Lipinski definition) is 3. The lowest BCUT2D eigenvalue weighted by Crippen LogP contribution is -2.23. The molecule has 1 amide bonds. The van der Waals surface area contributed by atoms with Crippen molar-refractivity contribution in [3.05, 3.63) is 35.9 Å². The van der Waals surface area contributed by atoms with Gasteiger partial charge in [-0.2, -0.15) is 0 Å². The van der Waals surface area contributed by atoms with Gasteiger partial charge in [0.2, 0.25) is 5.91 Å². The molecule has 132 valence electrons. The standard InChI is InChI=1S/C20H30N2OS/c1-22(2)16-8-7-15-21-20(23)14-13-17-9-3-6-12-19(17)24-18-10-4-5-11-18/h3,6,9,12-14,18H,4-5,7-8,10-11,15-16H2,1-2H3,(H,21,23)/b14-13+. The quantitative estimate of drug-likeness (QED) is 0.537. The lowest BCUT2D eigenvalue weighted by molar-refractivity contribution is -0.116. The van der Waals surface area contributed by atoms with Crippen LogP contribution in [-0.4, -0.2) is 43.2 Å². The zero-order valence-electron chi connectivity index (χ0n) is 15.0. The number of thioether (sulfide) groups is 1. The Labute approximate surface area is 150 Å². The largest absolute Gasteiger partial charge is 0.353 e. The van der Waals surface area contributed by atoms with Crippen molar-refractivity contribution in [3.63, 3.8) is 0 Å². The molecule has 2 rings (SSSR count). The van der Waals surface area contributed by atoms with Crippen LogP contribution in [0.4, 0.5) is 0 Å². The van der Waals surface area contributed by atoms with Crippen LogP contribution in [0.3, 0.4) is 0 Å². The summed E-state index contributed by atoms with van der Waals surface area (Å²) in [6, 6.07) is 8.39. The van der Waals surface area contributed by atoms with E-state index in [9.17, 15) is 4.79 Å². The number of rotatable bonds is 9. The number of benzene rings is 1. The van der Waals surface area contributed by atoms with Crippen LogP contribution in [0.25, 0.3) is 6.08 Å². The highest BCUT2D eigenvalue weighted by atomic mass is 32.2. The predicted molar refractivity (Wildman–Crippen MR) is 104 cm³/mol. The molecule has 0 radical (unpaired) electrons. The van der Waals surface area contributed by atoms with E-state index in [0.29, 0.717) is 0 Å². The second-order valence-electron chi connectivity index (χ2n) is 6.70. The molecule has 3 nitrogen and oxygen atoms in total. The van der Waals surface area contributed by atoms with E-state index in [1.807, 2.05) is 23.9 Å². The summed E-state index contributed by atoms with van der Waals surface area (Å²) in [6.07, 6.45) is 11.1. The van der Waals surface area contributed by atoms with Crippen molar-refractivity contribution in [3.8, 4) is 0 Å². The molecule has 0 aliphatic heterocycles. The third kappa shape index (κ3) is 7.10. The Bertz CT molecular complexity index is 536. The van der Waals surface area contributed by atoms with Gasteiger partial charge in [0.1, 0.15) is 0 Å². The fourth-order valence-electron chi connectivity index (χ4n) is 2.90. The van der Waals surface area contributed by atoms with Gasteiger partial charge < -0.3 is 10.2 Å². The Morgan fingerprint density at radius 2 is 2.00 bits per heavy atom. The van der Waals surface area contributed by atoms with E-state index in [-0.39, 0.29) is 5.91 Å². The van der Waals surface area contributed by atoms with Crippen LogP contribution in [0.15, 0.2) is 35.2 Å². The molecule has 0 unspecified atom stereocenters. The second kappa shape index (κ2) is 10.6. The number of hydrogen-bond donors (Lipinski definition) is 1. The fraction of sp³-hybridized carbons (Fsp3) is 0.550. The van der Waals surface area contributed by atoms with Gasteiger partial charge in [0.15, 0.2) is 0 Å². The van der Waals surface area contributed by atoms with Gasteiger partial charge in [0.05, 0.1) is 0 Å². The smallest absolute Gasteiger partial charge is 0.243 e. The van der Waals surface area contributed by atoms with Gasteiger partial charge in [0, 0.05) is 22.8 Å². The summed E-state index contributed by atoms with van der Waals surface area (Å²) >= 11 is 1.97. The number of nitrogens with one attached hydrogen (secondary N) is 1. The summed E-state index contributed by atoms with van der Waals surface area (Å²) < 4.78 is 0. The van der Waals surface area contributed by atoms with Gasteiger partial charge in [-0.15, -0.1) is 11.8 Å². The molecule has 1 aliphatic rings. The van der Waals surface area contributed by atoms with E-state index >= 15 is 0 Å². The van der Waals surface area contributed by atoms with Crippen molar-refractivity contribution in [2.24, 2.45) is 0 Å². The molecule has 0 heterocycles. The molecular formula is C20H30N2OS. The predicted octanol–water partition coefficient (Wildman–Crippen LogP) is 4.19. The average Bonchev–Trinajstić information content (AvgIpc) is 3.06. The van der Waals surface area contributed by atoms with Crippen LogP contribution in [0.1, 0.15) is 44.1 Å². The molecule has 1 saturated carbocycles. The first-order valence-electron chi connectivity index (χ1n) is 9.01. The molecule has 1 N–H and O–H groups in total. The van der Waals surface area contributed by atoms with Crippen LogP contribution >= 0.6 is 11.8 Å². The van der Waals surface area contributed by atoms with Crippen LogP contribution < -0.4 is 5.32 Å². The third-order valence-corrected chi connectivity index (χ3v) is 5.69. The van der Waals surface area contributed by atoms with Crippen molar-refractivity contribution in [1.29, 1.82) is 0 Å². The topological polar surface area (TPSA) is 32.3 Å². The minimum absolute atomic E-state index is 0.000484. The van der Waals surface area contributed by atoms with Crippen LogP contribution in [0.2, 0.25) is 0 Å². The molecule has 0 atom stereocenters. The van der Waals surface area contributed by atoms with E-state index < -0.39 is 0 Å². The first kappa shape index (κ1) is 19.1. The molecule has 1 fully saturated rings. The van der Waals surface area contributed by atoms with Crippen LogP contribution in [-0.2, 0) is 4.79 Å². The van der Waals surface area contributed by atoms with E-state index in [2.05, 4.69) is 42.5 Å². The highest BCUT2D eigenvalue weighted by molar-refractivity contribution is 8.00. The van der Waals surface area contributed by atoms with Crippen molar-refractivity contribution >= 4 is 23.7 Å². The Morgan fingerprint density at radius 3 is 2.75 bits per heavy atom. The van der Waals surface area contributed by atoms with Crippen molar-refractivity contribution in [1.82, 2.24) is 10.2 Å². The number of amides is 1. The van der Waals surface area contributed by atoms with Gasteiger partial charge in [-0.3, -0.25) is 4.79 Å². The second-order valence-corrected chi connectivity index (χ2v) is 8.04. The Hall–Kier alpha value is -1.26. The van der Waals surface area contributed by atoms with E-state index in [0.717, 1.165) is 36.7 Å². The zero-order chi connectivity index (χ0) is 17.2. The van der Waals surface area contributed by atoms with Crippen LogP contribution in [0, 0.1) is 0 Å². The molecule has 4 heteroatoms. The number of carbonyl (C=O) groups is 1. The monoisotopic (exact) mass is 346 g/mol. The minimum Gasteiger partial charge on any atom is -0.353 e. The lowest BCUT2D eigenvalue weighted by atomic mass is 10.2. The summed E-state index contributed by atoms with van der Waals surface area (Å²) in [6.45, 7) is 1.81. The molecule has 0 aromatic heterocycles. The molecule has 24 heavy (non-hydrogen) atoms. The molecule has 0 bridgehead atoms. The summed E-state index contributed by atoms with van der Waals surface area (Å²) in [4.78, 5) is 15.4. The maximum absolute atomic E-state index is 12.0. The summed E-state index contributed by atoms with van der Waals surface area (Å²) in [5.74, 6) is 0.000484. The van der Waals surface area contributed by atoms with E-state index in [1.165, 1.54) is 30.6 Å². The molecule has 1 aliphatic carbocycles. The average molecular weight is 347 g/mol. The minimum atomic E-state index is 0.000484. The van der Waals surface area contributed by atoms with Crippen LogP contribution in [0.5, 0.6) is 0 Å². The first-order chi connectivity index (χ1) is 11.6. The maximum atomic E-state index is 12.0. The summed E-state index contributed by atoms with van der Waals surface area (Å²) in [7, 11) is 4.14. The fourth-order valence-corrected chi connectivity index (χ4v) is 4.26. The molecule has 1 aromatic carbocycles. The molecular weight excluding hydrogens is 316 g/mol. The number of carbonyl (C=O) groups excluding carboxylic acids is 1. The van der Waals surface area contributed by atoms with E-state index in [4.69, 9.17) is 0 Å². The van der Waals surface area contributed by atoms with Gasteiger partial charge in [0.25, 0.3) is 0 Å². The van der Waals surface area contributed by atoms with Gasteiger partial charge in [-0.25, -0.2) is 0 Å². The SMILES string of the molecule is CN(C)CCCCNC(=O)/C=C/c1ccccc1SC1CCCC1. The Morgan fingerprint density at radius 1 is 1.25 bits per heavy atom.